The lowest BCUT2D eigenvalue weighted by Gasteiger charge is -2.32. The van der Waals surface area contributed by atoms with E-state index < -0.39 is 0 Å². The van der Waals surface area contributed by atoms with Crippen LogP contribution in [0.5, 0.6) is 17.4 Å². The minimum absolute atomic E-state index is 0.0132. The Labute approximate surface area is 177 Å². The Morgan fingerprint density at radius 3 is 2.80 bits per heavy atom. The van der Waals surface area contributed by atoms with Gasteiger partial charge in [-0.15, -0.1) is 0 Å². The fraction of sp³-hybridized carbons (Fsp3) is 0.435. The summed E-state index contributed by atoms with van der Waals surface area (Å²) < 4.78 is 10.9. The van der Waals surface area contributed by atoms with Crippen LogP contribution in [0.2, 0.25) is 0 Å². The van der Waals surface area contributed by atoms with Crippen LogP contribution in [0, 0.1) is 5.92 Å². The summed E-state index contributed by atoms with van der Waals surface area (Å²) in [4.78, 5) is 30.8. The first-order chi connectivity index (χ1) is 14.6. The summed E-state index contributed by atoms with van der Waals surface area (Å²) in [6.07, 6.45) is 4.74. The summed E-state index contributed by atoms with van der Waals surface area (Å²) in [5.41, 5.74) is 0.885. The topological polar surface area (TPSA) is 80.8 Å². The van der Waals surface area contributed by atoms with Crippen molar-refractivity contribution in [3.8, 4) is 17.4 Å². The number of amides is 2. The number of piperidine rings is 1. The van der Waals surface area contributed by atoms with E-state index in [0.717, 1.165) is 31.4 Å². The van der Waals surface area contributed by atoms with E-state index in [1.165, 1.54) is 0 Å². The van der Waals surface area contributed by atoms with Gasteiger partial charge >= 0.3 is 0 Å². The Morgan fingerprint density at radius 1 is 1.23 bits per heavy atom. The van der Waals surface area contributed by atoms with Crippen molar-refractivity contribution in [3.05, 3.63) is 48.2 Å². The Hall–Kier alpha value is -3.09. The van der Waals surface area contributed by atoms with E-state index in [1.54, 1.807) is 25.4 Å². The van der Waals surface area contributed by atoms with E-state index in [1.807, 2.05) is 36.1 Å². The van der Waals surface area contributed by atoms with E-state index in [0.29, 0.717) is 36.9 Å². The molecule has 1 fully saturated rings. The molecule has 3 rings (SSSR count). The molecule has 1 atom stereocenters. The number of carbonyl (C=O) groups is 2. The third-order valence-corrected chi connectivity index (χ3v) is 5.14. The number of nitrogens with one attached hydrogen (secondary N) is 1. The molecule has 0 aliphatic carbocycles. The van der Waals surface area contributed by atoms with Gasteiger partial charge in [-0.2, -0.15) is 0 Å². The Morgan fingerprint density at radius 2 is 2.07 bits per heavy atom. The third-order valence-electron chi connectivity index (χ3n) is 5.14. The highest BCUT2D eigenvalue weighted by atomic mass is 16.5. The molecule has 7 heteroatoms. The van der Waals surface area contributed by atoms with Crippen molar-refractivity contribution in [1.82, 2.24) is 15.2 Å². The number of nitrogens with zero attached hydrogens (tertiary/aromatic N) is 2. The minimum atomic E-state index is -0.150. The predicted molar refractivity (Wildman–Crippen MR) is 113 cm³/mol. The largest absolute Gasteiger partial charge is 0.497 e. The van der Waals surface area contributed by atoms with E-state index >= 15 is 0 Å². The zero-order valence-corrected chi connectivity index (χ0v) is 17.6. The number of carbonyl (C=O) groups excluding carboxylic acids is 2. The second kappa shape index (κ2) is 10.6. The summed E-state index contributed by atoms with van der Waals surface area (Å²) in [5.74, 6) is 1.80. The van der Waals surface area contributed by atoms with Crippen LogP contribution >= 0.6 is 0 Å². The summed E-state index contributed by atoms with van der Waals surface area (Å²) in [6, 6.07) is 11.0. The molecule has 0 radical (unpaired) electrons. The number of likely N-dealkylation sites (tertiary alicyclic amines) is 1. The molecule has 0 bridgehead atoms. The number of methoxy groups -OCH3 is 1. The number of ether oxygens (including phenoxy) is 2. The maximum Gasteiger partial charge on any atom is 0.225 e. The molecule has 1 unspecified atom stereocenters. The molecule has 2 heterocycles. The van der Waals surface area contributed by atoms with Crippen molar-refractivity contribution in [3.63, 3.8) is 0 Å². The van der Waals surface area contributed by atoms with Gasteiger partial charge in [-0.25, -0.2) is 4.98 Å². The van der Waals surface area contributed by atoms with Crippen molar-refractivity contribution in [2.45, 2.75) is 39.2 Å². The summed E-state index contributed by atoms with van der Waals surface area (Å²) in [7, 11) is 1.61. The second-order valence-electron chi connectivity index (χ2n) is 7.43. The maximum absolute atomic E-state index is 12.6. The molecule has 160 valence electrons. The van der Waals surface area contributed by atoms with Crippen molar-refractivity contribution in [2.75, 3.05) is 20.2 Å². The number of pyridine rings is 1. The van der Waals surface area contributed by atoms with Crippen LogP contribution in [0.25, 0.3) is 0 Å². The molecule has 2 aromatic rings. The first-order valence-electron chi connectivity index (χ1n) is 10.4. The normalized spacial score (nSPS) is 16.1. The second-order valence-corrected chi connectivity index (χ2v) is 7.43. The first-order valence-corrected chi connectivity index (χ1v) is 10.4. The van der Waals surface area contributed by atoms with Gasteiger partial charge in [0.15, 0.2) is 0 Å². The lowest BCUT2D eigenvalue weighted by atomic mass is 9.96. The van der Waals surface area contributed by atoms with Crippen molar-refractivity contribution in [2.24, 2.45) is 5.92 Å². The molecule has 0 spiro atoms. The lowest BCUT2D eigenvalue weighted by Crippen LogP contribution is -2.45. The molecule has 1 aromatic carbocycles. The Kier molecular flexibility index (Phi) is 7.65. The fourth-order valence-electron chi connectivity index (χ4n) is 3.48. The summed E-state index contributed by atoms with van der Waals surface area (Å²) in [5, 5.41) is 2.97. The van der Waals surface area contributed by atoms with E-state index in [-0.39, 0.29) is 17.7 Å². The van der Waals surface area contributed by atoms with Gasteiger partial charge in [0.25, 0.3) is 0 Å². The fourth-order valence-corrected chi connectivity index (χ4v) is 3.48. The highest BCUT2D eigenvalue weighted by Crippen LogP contribution is 2.24. The van der Waals surface area contributed by atoms with Crippen LogP contribution in [0.1, 0.15) is 38.2 Å². The van der Waals surface area contributed by atoms with Gasteiger partial charge in [-0.3, -0.25) is 9.59 Å². The van der Waals surface area contributed by atoms with Crippen LogP contribution in [0.15, 0.2) is 42.6 Å². The lowest BCUT2D eigenvalue weighted by molar-refractivity contribution is -0.135. The van der Waals surface area contributed by atoms with Gasteiger partial charge in [-0.05, 0) is 37.0 Å². The van der Waals surface area contributed by atoms with Crippen molar-refractivity contribution >= 4 is 11.8 Å². The number of benzene rings is 1. The molecule has 7 nitrogen and oxygen atoms in total. The number of hydrogen-bond donors (Lipinski definition) is 1. The smallest absolute Gasteiger partial charge is 0.225 e. The van der Waals surface area contributed by atoms with Crippen molar-refractivity contribution < 1.29 is 19.1 Å². The molecule has 1 aliphatic heterocycles. The molecular weight excluding hydrogens is 382 g/mol. The Balaban J connectivity index is 1.49. The van der Waals surface area contributed by atoms with Gasteiger partial charge in [-0.1, -0.05) is 19.1 Å². The van der Waals surface area contributed by atoms with Crippen LogP contribution < -0.4 is 14.8 Å². The minimum Gasteiger partial charge on any atom is -0.497 e. The van der Waals surface area contributed by atoms with Crippen LogP contribution in [-0.2, 0) is 16.1 Å². The van der Waals surface area contributed by atoms with Gasteiger partial charge < -0.3 is 19.7 Å². The number of aromatic nitrogens is 1. The van der Waals surface area contributed by atoms with E-state index in [2.05, 4.69) is 10.3 Å². The maximum atomic E-state index is 12.6. The molecule has 2 amide bonds. The number of hydrogen-bond acceptors (Lipinski definition) is 5. The molecule has 1 aliphatic rings. The molecule has 30 heavy (non-hydrogen) atoms. The molecule has 0 saturated carbocycles. The SMILES string of the molecule is CCCC(=O)N1CCCC(C(=O)NCc2ccc(Oc3cccc(OC)c3)nc2)C1. The van der Waals surface area contributed by atoms with Gasteiger partial charge in [0.05, 0.1) is 13.0 Å². The molecular formula is C23H29N3O4. The first kappa shape index (κ1) is 21.6. The Bertz CT molecular complexity index is 854. The van der Waals surface area contributed by atoms with Crippen LogP contribution in [0.3, 0.4) is 0 Å². The van der Waals surface area contributed by atoms with E-state index in [4.69, 9.17) is 9.47 Å². The standard InChI is InChI=1S/C23H29N3O4/c1-3-6-22(27)26-12-5-7-18(16-26)23(28)25-15-17-10-11-21(24-14-17)30-20-9-4-8-19(13-20)29-2/h4,8-11,13-14,18H,3,5-7,12,15-16H2,1-2H3,(H,25,28). The highest BCUT2D eigenvalue weighted by molar-refractivity contribution is 5.81. The van der Waals surface area contributed by atoms with Crippen molar-refractivity contribution in [1.29, 1.82) is 0 Å². The number of rotatable bonds is 8. The van der Waals surface area contributed by atoms with Gasteiger partial charge in [0.1, 0.15) is 11.5 Å². The quantitative estimate of drug-likeness (QED) is 0.719. The van der Waals surface area contributed by atoms with Crippen LogP contribution in [-0.4, -0.2) is 41.9 Å². The molecule has 1 N–H and O–H groups in total. The average Bonchev–Trinajstić information content (AvgIpc) is 2.79. The molecule has 1 saturated heterocycles. The zero-order chi connectivity index (χ0) is 21.3. The predicted octanol–water partition coefficient (Wildman–Crippen LogP) is 3.54. The third kappa shape index (κ3) is 5.95. The van der Waals surface area contributed by atoms with Gasteiger partial charge in [0.2, 0.25) is 17.7 Å². The highest BCUT2D eigenvalue weighted by Gasteiger charge is 2.27. The van der Waals surface area contributed by atoms with E-state index in [9.17, 15) is 9.59 Å². The van der Waals surface area contributed by atoms with Gasteiger partial charge in [0, 0.05) is 44.4 Å². The summed E-state index contributed by atoms with van der Waals surface area (Å²) in [6.45, 7) is 3.65. The zero-order valence-electron chi connectivity index (χ0n) is 17.6. The van der Waals surface area contributed by atoms with Crippen LogP contribution in [0.4, 0.5) is 0 Å². The monoisotopic (exact) mass is 411 g/mol. The molecule has 1 aromatic heterocycles. The average molecular weight is 412 g/mol. The summed E-state index contributed by atoms with van der Waals surface area (Å²) >= 11 is 0.